The third kappa shape index (κ3) is 3.76. The molecule has 2 N–H and O–H groups in total. The van der Waals surface area contributed by atoms with Crippen molar-refractivity contribution in [3.05, 3.63) is 46.9 Å². The molecule has 1 atom stereocenters. The van der Waals surface area contributed by atoms with Crippen LogP contribution in [0.1, 0.15) is 13.8 Å². The lowest BCUT2D eigenvalue weighted by atomic mass is 9.96. The minimum Gasteiger partial charge on any atom is -0.382 e. The first-order chi connectivity index (χ1) is 11.0. The number of amides is 1. The van der Waals surface area contributed by atoms with Gasteiger partial charge in [0.1, 0.15) is 6.54 Å². The number of aromatic nitrogens is 1. The number of fused-ring (bicyclic) bond motifs is 1. The van der Waals surface area contributed by atoms with Gasteiger partial charge in [0.25, 0.3) is 5.56 Å². The summed E-state index contributed by atoms with van der Waals surface area (Å²) in [7, 11) is 0. The van der Waals surface area contributed by atoms with E-state index in [1.165, 1.54) is 6.20 Å². The van der Waals surface area contributed by atoms with Gasteiger partial charge in [-0.15, -0.1) is 0 Å². The van der Waals surface area contributed by atoms with Crippen LogP contribution < -0.4 is 10.9 Å². The number of nitrogens with zero attached hydrogens (tertiary/aromatic N) is 1. The highest BCUT2D eigenvalue weighted by atomic mass is 19.4. The van der Waals surface area contributed by atoms with Gasteiger partial charge in [-0.1, -0.05) is 18.2 Å². The number of hydrogen-bond acceptors (Lipinski definition) is 3. The zero-order chi connectivity index (χ0) is 18.1. The minimum atomic E-state index is -4.86. The quantitative estimate of drug-likeness (QED) is 0.890. The number of benzene rings is 1. The molecule has 0 saturated carbocycles. The molecule has 130 valence electrons. The molecule has 0 aliphatic heterocycles. The smallest absolute Gasteiger partial charge is 0.382 e. The van der Waals surface area contributed by atoms with Crippen LogP contribution in [0.25, 0.3) is 10.8 Å². The number of halogens is 3. The van der Waals surface area contributed by atoms with Crippen molar-refractivity contribution in [1.29, 1.82) is 0 Å². The highest BCUT2D eigenvalue weighted by Gasteiger charge is 2.48. The monoisotopic (exact) mass is 342 g/mol. The van der Waals surface area contributed by atoms with Crippen LogP contribution in [0.5, 0.6) is 0 Å². The maximum atomic E-state index is 12.6. The van der Waals surface area contributed by atoms with E-state index in [2.05, 4.69) is 5.32 Å². The molecule has 0 fully saturated rings. The Morgan fingerprint density at radius 2 is 1.88 bits per heavy atom. The van der Waals surface area contributed by atoms with E-state index >= 15 is 0 Å². The molecule has 0 aliphatic rings. The molecule has 1 aromatic carbocycles. The fourth-order valence-corrected chi connectivity index (χ4v) is 2.39. The summed E-state index contributed by atoms with van der Waals surface area (Å²) in [4.78, 5) is 24.3. The third-order valence-corrected chi connectivity index (χ3v) is 3.66. The van der Waals surface area contributed by atoms with E-state index in [-0.39, 0.29) is 0 Å². The summed E-state index contributed by atoms with van der Waals surface area (Å²) >= 11 is 0. The lowest BCUT2D eigenvalue weighted by Gasteiger charge is -2.32. The molecule has 0 aliphatic carbocycles. The number of aliphatic hydroxyl groups excluding tert-OH is 1. The fourth-order valence-electron chi connectivity index (χ4n) is 2.39. The molecule has 5 nitrogen and oxygen atoms in total. The lowest BCUT2D eigenvalue weighted by molar-refractivity contribution is -0.223. The number of aliphatic hydroxyl groups is 1. The second-order valence-electron chi connectivity index (χ2n) is 6.05. The number of rotatable bonds is 4. The first-order valence-corrected chi connectivity index (χ1v) is 7.16. The van der Waals surface area contributed by atoms with E-state index in [0.29, 0.717) is 10.8 Å². The van der Waals surface area contributed by atoms with E-state index < -0.39 is 35.8 Å². The summed E-state index contributed by atoms with van der Waals surface area (Å²) < 4.78 is 38.9. The molecule has 0 radical (unpaired) electrons. The zero-order valence-corrected chi connectivity index (χ0v) is 13.1. The second kappa shape index (κ2) is 6.27. The van der Waals surface area contributed by atoms with Crippen LogP contribution in [0.15, 0.2) is 41.3 Å². The number of nitrogens with one attached hydrogen (secondary N) is 1. The van der Waals surface area contributed by atoms with Crippen molar-refractivity contribution in [2.45, 2.75) is 38.2 Å². The van der Waals surface area contributed by atoms with E-state index in [1.54, 1.807) is 30.3 Å². The van der Waals surface area contributed by atoms with Crippen LogP contribution in [0, 0.1) is 0 Å². The first kappa shape index (κ1) is 18.0. The Hall–Kier alpha value is -2.35. The maximum absolute atomic E-state index is 12.6. The number of carbonyl (C=O) groups is 1. The number of alkyl halides is 3. The highest BCUT2D eigenvalue weighted by Crippen LogP contribution is 2.27. The van der Waals surface area contributed by atoms with Gasteiger partial charge >= 0.3 is 6.18 Å². The van der Waals surface area contributed by atoms with Gasteiger partial charge in [0.15, 0.2) is 6.10 Å². The van der Waals surface area contributed by atoms with Crippen LogP contribution in [0.4, 0.5) is 13.2 Å². The highest BCUT2D eigenvalue weighted by molar-refractivity contribution is 5.82. The van der Waals surface area contributed by atoms with E-state index in [4.69, 9.17) is 0 Å². The number of carbonyl (C=O) groups excluding carboxylic acids is 1. The Labute approximate surface area is 135 Å². The van der Waals surface area contributed by atoms with Crippen LogP contribution >= 0.6 is 0 Å². The van der Waals surface area contributed by atoms with Crippen molar-refractivity contribution in [3.63, 3.8) is 0 Å². The Kier molecular flexibility index (Phi) is 4.70. The van der Waals surface area contributed by atoms with Gasteiger partial charge in [0.05, 0.1) is 5.54 Å². The normalized spacial score (nSPS) is 13.8. The summed E-state index contributed by atoms with van der Waals surface area (Å²) in [5.74, 6) is -0.805. The van der Waals surface area contributed by atoms with Crippen molar-refractivity contribution in [2.24, 2.45) is 0 Å². The van der Waals surface area contributed by atoms with Crippen molar-refractivity contribution in [1.82, 2.24) is 9.88 Å². The van der Waals surface area contributed by atoms with Gasteiger partial charge in [-0.05, 0) is 31.4 Å². The van der Waals surface area contributed by atoms with Crippen LogP contribution in [-0.2, 0) is 11.3 Å². The van der Waals surface area contributed by atoms with Gasteiger partial charge in [-0.2, -0.15) is 13.2 Å². The minimum absolute atomic E-state index is 0.405. The van der Waals surface area contributed by atoms with E-state index in [0.717, 1.165) is 18.4 Å². The summed E-state index contributed by atoms with van der Waals surface area (Å²) in [6.45, 7) is 1.68. The summed E-state index contributed by atoms with van der Waals surface area (Å²) in [6.07, 6.45) is -6.18. The molecular formula is C16H17F3N2O3. The predicted molar refractivity (Wildman–Crippen MR) is 82.5 cm³/mol. The van der Waals surface area contributed by atoms with Gasteiger partial charge in [-0.3, -0.25) is 9.59 Å². The molecule has 8 heteroatoms. The molecule has 1 amide bonds. The molecule has 2 rings (SSSR count). The Balaban J connectivity index is 2.19. The van der Waals surface area contributed by atoms with Crippen molar-refractivity contribution < 1.29 is 23.1 Å². The number of hydrogen-bond donors (Lipinski definition) is 2. The molecule has 0 saturated heterocycles. The topological polar surface area (TPSA) is 71.3 Å². The summed E-state index contributed by atoms with van der Waals surface area (Å²) in [6, 6.07) is 8.42. The van der Waals surface area contributed by atoms with Crippen LogP contribution in [0.3, 0.4) is 0 Å². The van der Waals surface area contributed by atoms with E-state index in [1.807, 2.05) is 0 Å². The molecule has 0 spiro atoms. The molecule has 1 aromatic heterocycles. The second-order valence-corrected chi connectivity index (χ2v) is 6.05. The molecule has 2 aromatic rings. The SMILES string of the molecule is CC(C)(NC(=O)Cn1ccc2ccccc2c1=O)C(O)C(F)(F)F. The van der Waals surface area contributed by atoms with Gasteiger partial charge < -0.3 is 15.0 Å². The number of pyridine rings is 1. The van der Waals surface area contributed by atoms with Gasteiger partial charge in [0, 0.05) is 11.6 Å². The maximum Gasteiger partial charge on any atom is 0.416 e. The molecule has 1 unspecified atom stereocenters. The standard InChI is InChI=1S/C16H17F3N2O3/c1-15(2,14(24)16(17,18)19)20-12(22)9-21-8-7-10-5-3-4-6-11(10)13(21)23/h3-8,14,24H,9H2,1-2H3,(H,20,22). The van der Waals surface area contributed by atoms with Crippen molar-refractivity contribution in [2.75, 3.05) is 0 Å². The molecule has 1 heterocycles. The lowest BCUT2D eigenvalue weighted by Crippen LogP contribution is -2.58. The van der Waals surface area contributed by atoms with Gasteiger partial charge in [0.2, 0.25) is 5.91 Å². The van der Waals surface area contributed by atoms with Crippen LogP contribution in [-0.4, -0.2) is 33.4 Å². The van der Waals surface area contributed by atoms with Gasteiger partial charge in [-0.25, -0.2) is 0 Å². The largest absolute Gasteiger partial charge is 0.416 e. The van der Waals surface area contributed by atoms with E-state index in [9.17, 15) is 27.9 Å². The Morgan fingerprint density at radius 3 is 2.50 bits per heavy atom. The Morgan fingerprint density at radius 1 is 1.25 bits per heavy atom. The predicted octanol–water partition coefficient (Wildman–Crippen LogP) is 1.82. The Bertz CT molecular complexity index is 812. The van der Waals surface area contributed by atoms with Crippen LogP contribution in [0.2, 0.25) is 0 Å². The molecule has 24 heavy (non-hydrogen) atoms. The summed E-state index contributed by atoms with van der Waals surface area (Å²) in [5.41, 5.74) is -2.34. The summed E-state index contributed by atoms with van der Waals surface area (Å²) in [5, 5.41) is 12.5. The first-order valence-electron chi connectivity index (χ1n) is 7.16. The van der Waals surface area contributed by atoms with Crippen molar-refractivity contribution >= 4 is 16.7 Å². The third-order valence-electron chi connectivity index (χ3n) is 3.66. The average molecular weight is 342 g/mol. The molecular weight excluding hydrogens is 325 g/mol. The fraction of sp³-hybridized carbons (Fsp3) is 0.375. The average Bonchev–Trinajstić information content (AvgIpc) is 2.48. The van der Waals surface area contributed by atoms with Crippen molar-refractivity contribution in [3.8, 4) is 0 Å². The molecule has 0 bridgehead atoms. The zero-order valence-electron chi connectivity index (χ0n) is 13.1.